The van der Waals surface area contributed by atoms with Gasteiger partial charge in [-0.2, -0.15) is 9.61 Å². The molecule has 128 valence electrons. The van der Waals surface area contributed by atoms with E-state index < -0.39 is 18.1 Å². The monoisotopic (exact) mass is 334 g/mol. The van der Waals surface area contributed by atoms with Gasteiger partial charge in [-0.15, -0.1) is 0 Å². The molecule has 0 radical (unpaired) electrons. The highest BCUT2D eigenvalue weighted by molar-refractivity contribution is 5.97. The zero-order chi connectivity index (χ0) is 17.6. The molecule has 0 saturated carbocycles. The highest BCUT2D eigenvalue weighted by Crippen LogP contribution is 2.24. The van der Waals surface area contributed by atoms with Crippen molar-refractivity contribution in [2.45, 2.75) is 33.0 Å². The zero-order valence-electron chi connectivity index (χ0n) is 13.6. The van der Waals surface area contributed by atoms with Crippen LogP contribution in [0, 0.1) is 6.92 Å². The maximum atomic E-state index is 12.8. The van der Waals surface area contributed by atoms with Crippen molar-refractivity contribution in [1.29, 1.82) is 0 Å². The van der Waals surface area contributed by atoms with E-state index in [9.17, 15) is 19.5 Å². The average Bonchev–Trinajstić information content (AvgIpc) is 3.05. The molecule has 1 aliphatic rings. The Kier molecular flexibility index (Phi) is 3.88. The van der Waals surface area contributed by atoms with Crippen LogP contribution in [0.2, 0.25) is 0 Å². The lowest BCUT2D eigenvalue weighted by Crippen LogP contribution is -2.37. The summed E-state index contributed by atoms with van der Waals surface area (Å²) in [5.41, 5.74) is 0.868. The number of rotatable bonds is 5. The fourth-order valence-electron chi connectivity index (χ4n) is 3.08. The second kappa shape index (κ2) is 5.75. The molecule has 0 unspecified atom stereocenters. The van der Waals surface area contributed by atoms with Crippen molar-refractivity contribution < 1.29 is 19.4 Å². The van der Waals surface area contributed by atoms with Crippen LogP contribution in [-0.2, 0) is 22.6 Å². The Balaban J connectivity index is 2.23. The average molecular weight is 334 g/mol. The second-order valence-corrected chi connectivity index (χ2v) is 5.91. The molecule has 1 atom stereocenters. The summed E-state index contributed by atoms with van der Waals surface area (Å²) in [4.78, 5) is 38.2. The largest absolute Gasteiger partial charge is 0.480 e. The maximum absolute atomic E-state index is 12.8. The van der Waals surface area contributed by atoms with Crippen molar-refractivity contribution in [3.8, 4) is 0 Å². The summed E-state index contributed by atoms with van der Waals surface area (Å²) in [5, 5.41) is 13.3. The SMILES string of the molecule is COC[C@H](C)N1Cc2c(n(CC(=O)O)c3cc(C)nn3c2=O)C1=O. The van der Waals surface area contributed by atoms with Gasteiger partial charge in [0.05, 0.1) is 30.5 Å². The number of carboxylic acids is 1. The third-order valence-electron chi connectivity index (χ3n) is 4.12. The quantitative estimate of drug-likeness (QED) is 0.817. The molecule has 3 rings (SSSR count). The molecule has 3 heterocycles. The molecule has 0 aromatic carbocycles. The summed E-state index contributed by atoms with van der Waals surface area (Å²) in [6.07, 6.45) is 0. The molecule has 2 aromatic rings. The minimum absolute atomic E-state index is 0.117. The molecule has 0 fully saturated rings. The normalized spacial score (nSPS) is 15.1. The first-order valence-electron chi connectivity index (χ1n) is 7.49. The van der Waals surface area contributed by atoms with Crippen molar-refractivity contribution in [3.63, 3.8) is 0 Å². The van der Waals surface area contributed by atoms with Gasteiger partial charge >= 0.3 is 5.97 Å². The summed E-state index contributed by atoms with van der Waals surface area (Å²) in [6, 6.07) is 1.36. The first-order valence-corrected chi connectivity index (χ1v) is 7.49. The molecule has 1 amide bonds. The highest BCUT2D eigenvalue weighted by atomic mass is 16.5. The number of fused-ring (bicyclic) bond motifs is 2. The van der Waals surface area contributed by atoms with Gasteiger partial charge in [-0.3, -0.25) is 14.4 Å². The topological polar surface area (TPSA) is 106 Å². The third-order valence-corrected chi connectivity index (χ3v) is 4.12. The van der Waals surface area contributed by atoms with Crippen LogP contribution in [-0.4, -0.2) is 55.8 Å². The van der Waals surface area contributed by atoms with E-state index in [1.807, 2.05) is 6.92 Å². The molecular weight excluding hydrogens is 316 g/mol. The van der Waals surface area contributed by atoms with E-state index in [2.05, 4.69) is 5.10 Å². The Morgan fingerprint density at radius 1 is 1.46 bits per heavy atom. The number of carbonyl (C=O) groups excluding carboxylic acids is 1. The molecule has 1 N–H and O–H groups in total. The van der Waals surface area contributed by atoms with Crippen LogP contribution in [0.4, 0.5) is 0 Å². The summed E-state index contributed by atoms with van der Waals surface area (Å²) in [6.45, 7) is 3.54. The molecule has 2 aromatic heterocycles. The number of amides is 1. The van der Waals surface area contributed by atoms with Crippen LogP contribution >= 0.6 is 0 Å². The lowest BCUT2D eigenvalue weighted by atomic mass is 10.2. The number of carbonyl (C=O) groups is 2. The van der Waals surface area contributed by atoms with Crippen LogP contribution in [0.25, 0.3) is 5.65 Å². The smallest absolute Gasteiger partial charge is 0.323 e. The van der Waals surface area contributed by atoms with Gasteiger partial charge in [0.1, 0.15) is 17.9 Å². The minimum Gasteiger partial charge on any atom is -0.480 e. The van der Waals surface area contributed by atoms with Gasteiger partial charge in [0.2, 0.25) is 0 Å². The van der Waals surface area contributed by atoms with Crippen LogP contribution in [0.3, 0.4) is 0 Å². The number of methoxy groups -OCH3 is 1. The number of ether oxygens (including phenoxy) is 1. The van der Waals surface area contributed by atoms with Gasteiger partial charge in [-0.1, -0.05) is 0 Å². The Morgan fingerprint density at radius 2 is 2.17 bits per heavy atom. The number of aromatic nitrogens is 3. The molecule has 9 nitrogen and oxygen atoms in total. The van der Waals surface area contributed by atoms with E-state index in [-0.39, 0.29) is 29.8 Å². The summed E-state index contributed by atoms with van der Waals surface area (Å²) in [7, 11) is 1.53. The molecule has 0 aliphatic carbocycles. The second-order valence-electron chi connectivity index (χ2n) is 5.91. The van der Waals surface area contributed by atoms with E-state index in [1.54, 1.807) is 13.0 Å². The number of hydrogen-bond donors (Lipinski definition) is 1. The molecule has 1 aliphatic heterocycles. The Bertz CT molecular complexity index is 897. The molecule has 0 bridgehead atoms. The molecule has 0 saturated heterocycles. The van der Waals surface area contributed by atoms with Crippen molar-refractivity contribution in [3.05, 3.63) is 33.4 Å². The van der Waals surface area contributed by atoms with Crippen molar-refractivity contribution >= 4 is 17.5 Å². The lowest BCUT2D eigenvalue weighted by Gasteiger charge is -2.23. The summed E-state index contributed by atoms with van der Waals surface area (Å²) in [5.74, 6) is -1.47. The first-order chi connectivity index (χ1) is 11.3. The fourth-order valence-corrected chi connectivity index (χ4v) is 3.08. The van der Waals surface area contributed by atoms with Crippen molar-refractivity contribution in [2.24, 2.45) is 0 Å². The van der Waals surface area contributed by atoms with Crippen molar-refractivity contribution in [1.82, 2.24) is 19.1 Å². The maximum Gasteiger partial charge on any atom is 0.323 e. The number of nitrogens with zero attached hydrogens (tertiary/aromatic N) is 4. The summed E-state index contributed by atoms with van der Waals surface area (Å²) >= 11 is 0. The van der Waals surface area contributed by atoms with Gasteiger partial charge < -0.3 is 19.3 Å². The van der Waals surface area contributed by atoms with E-state index in [0.29, 0.717) is 17.9 Å². The number of hydrogen-bond acceptors (Lipinski definition) is 5. The van der Waals surface area contributed by atoms with Gasteiger partial charge in [-0.25, -0.2) is 0 Å². The number of aryl methyl sites for hydroxylation is 1. The van der Waals surface area contributed by atoms with Crippen LogP contribution in [0.5, 0.6) is 0 Å². The predicted molar refractivity (Wildman–Crippen MR) is 83.0 cm³/mol. The van der Waals surface area contributed by atoms with E-state index in [1.165, 1.54) is 16.6 Å². The zero-order valence-corrected chi connectivity index (χ0v) is 13.6. The van der Waals surface area contributed by atoms with Crippen LogP contribution in [0.1, 0.15) is 28.7 Å². The van der Waals surface area contributed by atoms with Gasteiger partial charge in [0.25, 0.3) is 11.5 Å². The fraction of sp³-hybridized carbons (Fsp3) is 0.467. The minimum atomic E-state index is -1.10. The molecule has 24 heavy (non-hydrogen) atoms. The van der Waals surface area contributed by atoms with E-state index in [0.717, 1.165) is 4.52 Å². The summed E-state index contributed by atoms with van der Waals surface area (Å²) < 4.78 is 7.59. The highest BCUT2D eigenvalue weighted by Gasteiger charge is 2.37. The first kappa shape index (κ1) is 16.2. The Morgan fingerprint density at radius 3 is 2.79 bits per heavy atom. The van der Waals surface area contributed by atoms with E-state index in [4.69, 9.17) is 4.74 Å². The number of carboxylic acid groups (broad SMARTS) is 1. The van der Waals surface area contributed by atoms with E-state index >= 15 is 0 Å². The van der Waals surface area contributed by atoms with Crippen LogP contribution in [0.15, 0.2) is 10.9 Å². The number of aliphatic carboxylic acids is 1. The Hall–Kier alpha value is -2.68. The predicted octanol–water partition coefficient (Wildman–Crippen LogP) is -0.120. The third kappa shape index (κ3) is 2.37. The Labute approximate surface area is 137 Å². The molecule has 0 spiro atoms. The molecular formula is C15H18N4O5. The van der Waals surface area contributed by atoms with Crippen LogP contribution < -0.4 is 5.56 Å². The molecule has 9 heteroatoms. The van der Waals surface area contributed by atoms with Gasteiger partial charge in [0, 0.05) is 13.2 Å². The van der Waals surface area contributed by atoms with Gasteiger partial charge in [0.15, 0.2) is 0 Å². The lowest BCUT2D eigenvalue weighted by molar-refractivity contribution is -0.137. The van der Waals surface area contributed by atoms with Crippen molar-refractivity contribution in [2.75, 3.05) is 13.7 Å². The standard InChI is InChI=1S/C15H18N4O5/c1-8-4-11-18(6-12(20)21)13-10(14(22)19(11)16-8)5-17(15(13)23)9(2)7-24-3/h4,9H,5-7H2,1-3H3,(H,20,21)/t9-/m0/s1. The van der Waals surface area contributed by atoms with Gasteiger partial charge in [-0.05, 0) is 13.8 Å².